The van der Waals surface area contributed by atoms with Crippen molar-refractivity contribution in [1.29, 1.82) is 0 Å². The molecule has 0 N–H and O–H groups in total. The molecule has 6 aromatic heterocycles. The van der Waals surface area contributed by atoms with E-state index in [1.54, 1.807) is 0 Å². The first-order valence-electron chi connectivity index (χ1n) is 35.9. The van der Waals surface area contributed by atoms with Gasteiger partial charge in [0.2, 0.25) is 0 Å². The first kappa shape index (κ1) is 71.1. The van der Waals surface area contributed by atoms with Gasteiger partial charge in [0.05, 0.1) is 0 Å². The maximum Gasteiger partial charge on any atom is 3.00 e. The molecule has 518 valence electrons. The largest absolute Gasteiger partial charge is 3.00 e. The van der Waals surface area contributed by atoms with E-state index in [1.807, 2.05) is 122 Å². The molecule has 0 bridgehead atoms. The Morgan fingerprint density at radius 3 is 0.527 bits per heavy atom. The third kappa shape index (κ3) is 14.9. The molecule has 18 rings (SSSR count). The molecule has 0 atom stereocenters. The second kappa shape index (κ2) is 32.5. The van der Waals surface area contributed by atoms with Crippen LogP contribution in [-0.4, -0.2) is 29.9 Å². The van der Waals surface area contributed by atoms with Crippen molar-refractivity contribution in [3.8, 4) is 190 Å². The molecule has 18 aromatic rings. The molecular formula is C102H62N6Rh2. The number of rotatable bonds is 17. The SMILES string of the molecule is [Rh+3].[Rh+3].[c-]1cc(-c2ccccc2-c2cc(-c3ccccc3-c3c[c-]c(-c4ccccn4)cc3)cc(-c3ccccc3-c3c[c-]c(-c4[c-]cc(-c5ccccc5-c5cc(-c6ccccc6-c6c[c-]c(-c7ccccn7)cc6)cc(-c6ccccc6-c6c[c-]c(-c7ccccn7)cc6)c5)cn4)nc3)c2)ccc1-c1ccccn1. The van der Waals surface area contributed by atoms with Crippen LogP contribution in [0.1, 0.15) is 0 Å². The molecule has 6 nitrogen and oxygen atoms in total. The molecule has 8 heteroatoms. The predicted molar refractivity (Wildman–Crippen MR) is 439 cm³/mol. The Bertz CT molecular complexity index is 5550. The molecule has 0 radical (unpaired) electrons. The summed E-state index contributed by atoms with van der Waals surface area (Å²) in [6.45, 7) is 0. The number of nitrogens with zero attached hydrogens (tertiary/aromatic N) is 6. The molecule has 0 saturated heterocycles. The summed E-state index contributed by atoms with van der Waals surface area (Å²) in [4.78, 5) is 28.6. The van der Waals surface area contributed by atoms with Gasteiger partial charge < -0.3 is 29.9 Å². The van der Waals surface area contributed by atoms with Gasteiger partial charge in [-0.25, -0.2) is 12.1 Å². The van der Waals surface area contributed by atoms with Gasteiger partial charge in [0.1, 0.15) is 0 Å². The summed E-state index contributed by atoms with van der Waals surface area (Å²) < 4.78 is 0. The number of hydrogen-bond donors (Lipinski definition) is 0. The Balaban J connectivity index is 0.00000460. The zero-order chi connectivity index (χ0) is 72.0. The van der Waals surface area contributed by atoms with Crippen LogP contribution in [0.4, 0.5) is 0 Å². The molecular weight excluding hydrogens is 1510 g/mol. The molecule has 12 aromatic carbocycles. The van der Waals surface area contributed by atoms with E-state index in [-0.39, 0.29) is 39.0 Å². The van der Waals surface area contributed by atoms with Crippen molar-refractivity contribution in [3.63, 3.8) is 0 Å². The van der Waals surface area contributed by atoms with Crippen molar-refractivity contribution in [2.24, 2.45) is 0 Å². The summed E-state index contributed by atoms with van der Waals surface area (Å²) in [6, 6.07) is 140. The summed E-state index contributed by atoms with van der Waals surface area (Å²) in [5.74, 6) is 0. The summed E-state index contributed by atoms with van der Waals surface area (Å²) in [5.41, 5.74) is 33.8. The van der Waals surface area contributed by atoms with Gasteiger partial charge in [-0.3, -0.25) is 0 Å². The number of hydrogen-bond acceptors (Lipinski definition) is 6. The van der Waals surface area contributed by atoms with E-state index < -0.39 is 0 Å². The fourth-order valence-corrected chi connectivity index (χ4v) is 14.5. The van der Waals surface area contributed by atoms with Crippen molar-refractivity contribution < 1.29 is 39.0 Å². The van der Waals surface area contributed by atoms with Crippen LogP contribution in [0.15, 0.2) is 377 Å². The maximum atomic E-state index is 5.10. The number of aromatic nitrogens is 6. The zero-order valence-corrected chi connectivity index (χ0v) is 62.4. The van der Waals surface area contributed by atoms with E-state index >= 15 is 0 Å². The fraction of sp³-hybridized carbons (Fsp3) is 0. The Kier molecular flexibility index (Phi) is 21.0. The predicted octanol–water partition coefficient (Wildman–Crippen LogP) is 25.2. The van der Waals surface area contributed by atoms with Crippen LogP contribution in [-0.2, 0) is 39.0 Å². The standard InChI is InChI=1S/C102H62N6.2Rh/c1-7-27-91(85(21-1)69-37-45-73(46-38-69)97-33-13-17-57-103-97)79-61-80(92-28-8-2-22-86(92)70-39-47-74(48-40-70)98-34-14-18-58-104-98)64-83(63-79)95-31-11-5-25-89(95)77-53-55-101(107-67-77)102-56-54-78(68-108-102)90-26-6-12-32-96(90)84-65-81(93-29-9-3-23-87(93)71-41-49-75(50-42-71)99-35-15-19-59-105-99)62-82(66-84)94-30-10-4-24-88(94)72-43-51-76(52-44-72)100-36-16-20-60-106-100;;/h1-45,47,49,51,53-54,57-68H;;/q-6;2*+3. The van der Waals surface area contributed by atoms with Gasteiger partial charge in [-0.05, 0) is 163 Å². The van der Waals surface area contributed by atoms with Crippen molar-refractivity contribution >= 4 is 0 Å². The minimum Gasteiger partial charge on any atom is -0.357 e. The third-order valence-electron chi connectivity index (χ3n) is 19.8. The van der Waals surface area contributed by atoms with E-state index in [1.165, 1.54) is 0 Å². The van der Waals surface area contributed by atoms with Gasteiger partial charge in [0.25, 0.3) is 0 Å². The van der Waals surface area contributed by atoms with E-state index in [9.17, 15) is 0 Å². The van der Waals surface area contributed by atoms with Crippen LogP contribution in [0, 0.1) is 36.4 Å². The minimum absolute atomic E-state index is 0. The topological polar surface area (TPSA) is 77.3 Å². The molecule has 6 heterocycles. The van der Waals surface area contributed by atoms with Gasteiger partial charge in [0, 0.05) is 24.8 Å². The molecule has 0 saturated carbocycles. The van der Waals surface area contributed by atoms with Crippen LogP contribution in [0.2, 0.25) is 0 Å². The monoisotopic (exact) mass is 1580 g/mol. The summed E-state index contributed by atoms with van der Waals surface area (Å²) in [6.07, 6.45) is 11.1. The van der Waals surface area contributed by atoms with Gasteiger partial charge in [-0.1, -0.05) is 261 Å². The summed E-state index contributed by atoms with van der Waals surface area (Å²) in [7, 11) is 0. The molecule has 110 heavy (non-hydrogen) atoms. The zero-order valence-electron chi connectivity index (χ0n) is 59.1. The Hall–Kier alpha value is -13.2. The first-order chi connectivity index (χ1) is 53.5. The average molecular weight is 1580 g/mol. The maximum absolute atomic E-state index is 5.10. The minimum atomic E-state index is 0. The Morgan fingerprint density at radius 1 is 0.164 bits per heavy atom. The van der Waals surface area contributed by atoms with Crippen molar-refractivity contribution in [2.45, 2.75) is 0 Å². The van der Waals surface area contributed by atoms with Gasteiger partial charge in [0.15, 0.2) is 0 Å². The number of benzene rings is 12. The van der Waals surface area contributed by atoms with Crippen LogP contribution in [0.3, 0.4) is 0 Å². The van der Waals surface area contributed by atoms with Gasteiger partial charge >= 0.3 is 39.0 Å². The van der Waals surface area contributed by atoms with Crippen LogP contribution < -0.4 is 0 Å². The van der Waals surface area contributed by atoms with E-state index in [4.69, 9.17) is 9.97 Å². The number of pyridine rings is 6. The van der Waals surface area contributed by atoms with E-state index in [2.05, 4.69) is 311 Å². The van der Waals surface area contributed by atoms with Crippen LogP contribution in [0.5, 0.6) is 0 Å². The van der Waals surface area contributed by atoms with E-state index in [0.29, 0.717) is 11.4 Å². The van der Waals surface area contributed by atoms with Crippen LogP contribution in [0.25, 0.3) is 190 Å². The molecule has 0 fully saturated rings. The van der Waals surface area contributed by atoms with Crippen LogP contribution >= 0.6 is 0 Å². The van der Waals surface area contributed by atoms with Crippen molar-refractivity contribution in [1.82, 2.24) is 29.9 Å². The fourth-order valence-electron chi connectivity index (χ4n) is 14.5. The van der Waals surface area contributed by atoms with Gasteiger partial charge in [-0.15, -0.1) is 131 Å². The first-order valence-corrected chi connectivity index (χ1v) is 35.9. The molecule has 0 aliphatic rings. The molecule has 0 aliphatic carbocycles. The molecule has 0 aliphatic heterocycles. The van der Waals surface area contributed by atoms with Gasteiger partial charge in [-0.2, -0.15) is 12.1 Å². The Labute approximate surface area is 666 Å². The van der Waals surface area contributed by atoms with Crippen molar-refractivity contribution in [2.75, 3.05) is 0 Å². The Morgan fingerprint density at radius 2 is 0.355 bits per heavy atom. The summed E-state index contributed by atoms with van der Waals surface area (Å²) >= 11 is 0. The van der Waals surface area contributed by atoms with E-state index in [0.717, 1.165) is 179 Å². The molecule has 0 unspecified atom stereocenters. The van der Waals surface area contributed by atoms with Crippen molar-refractivity contribution in [3.05, 3.63) is 413 Å². The quantitative estimate of drug-likeness (QED) is 0.0668. The third-order valence-corrected chi connectivity index (χ3v) is 19.8. The average Bonchev–Trinajstić information content (AvgIpc) is 0.771. The smallest absolute Gasteiger partial charge is 0.357 e. The molecule has 0 spiro atoms. The summed E-state index contributed by atoms with van der Waals surface area (Å²) in [5, 5.41) is 0. The molecule has 0 amide bonds. The second-order valence-corrected chi connectivity index (χ2v) is 26.4. The second-order valence-electron chi connectivity index (χ2n) is 26.4. The normalized spacial score (nSPS) is 10.9.